The Hall–Kier alpha value is -0.950. The summed E-state index contributed by atoms with van der Waals surface area (Å²) in [6, 6.07) is -0.0560. The van der Waals surface area contributed by atoms with Crippen LogP contribution >= 0.6 is 0 Å². The third-order valence-electron chi connectivity index (χ3n) is 3.51. The van der Waals surface area contributed by atoms with Gasteiger partial charge in [0.05, 0.1) is 16.6 Å². The summed E-state index contributed by atoms with van der Waals surface area (Å²) in [7, 11) is -1.24. The highest BCUT2D eigenvalue weighted by atomic mass is 32.2. The van der Waals surface area contributed by atoms with Crippen LogP contribution in [-0.2, 0) is 23.4 Å². The predicted octanol–water partition coefficient (Wildman–Crippen LogP) is -0.130. The van der Waals surface area contributed by atoms with Crippen molar-refractivity contribution in [2.24, 2.45) is 7.05 Å². The summed E-state index contributed by atoms with van der Waals surface area (Å²) < 4.78 is 22.8. The molecule has 1 N–H and O–H groups in total. The van der Waals surface area contributed by atoms with E-state index in [1.807, 2.05) is 6.92 Å². The van der Waals surface area contributed by atoms with Gasteiger partial charge in [0.2, 0.25) is 0 Å². The quantitative estimate of drug-likeness (QED) is 0.796. The number of aryl methyl sites for hydroxylation is 1. The van der Waals surface area contributed by atoms with Crippen molar-refractivity contribution < 1.29 is 8.42 Å². The van der Waals surface area contributed by atoms with E-state index in [9.17, 15) is 8.42 Å². The van der Waals surface area contributed by atoms with Crippen LogP contribution in [0.15, 0.2) is 6.20 Å². The zero-order chi connectivity index (χ0) is 12.7. The zero-order valence-corrected chi connectivity index (χ0v) is 11.2. The molecule has 0 bridgehead atoms. The van der Waals surface area contributed by atoms with Crippen molar-refractivity contribution in [3.8, 4) is 0 Å². The first-order chi connectivity index (χ1) is 7.85. The van der Waals surface area contributed by atoms with Gasteiger partial charge in [-0.05, 0) is 19.8 Å². The van der Waals surface area contributed by atoms with Gasteiger partial charge in [0, 0.05) is 25.9 Å². The summed E-state index contributed by atoms with van der Waals surface area (Å²) in [6.45, 7) is 2.47. The zero-order valence-electron chi connectivity index (χ0n) is 10.3. The molecule has 0 aliphatic heterocycles. The van der Waals surface area contributed by atoms with E-state index in [2.05, 4.69) is 15.5 Å². The van der Waals surface area contributed by atoms with E-state index in [4.69, 9.17) is 0 Å². The van der Waals surface area contributed by atoms with Gasteiger partial charge in [-0.25, -0.2) is 8.42 Å². The third kappa shape index (κ3) is 2.35. The highest BCUT2D eigenvalue weighted by molar-refractivity contribution is 7.92. The Labute approximate surface area is 101 Å². The largest absolute Gasteiger partial charge is 0.307 e. The van der Waals surface area contributed by atoms with Crippen LogP contribution < -0.4 is 5.32 Å². The van der Waals surface area contributed by atoms with Crippen molar-refractivity contribution in [2.45, 2.75) is 37.1 Å². The fourth-order valence-electron chi connectivity index (χ4n) is 2.16. The van der Waals surface area contributed by atoms with E-state index >= 15 is 0 Å². The lowest BCUT2D eigenvalue weighted by atomic mass is 10.2. The molecular weight excluding hydrogens is 240 g/mol. The second kappa shape index (κ2) is 4.06. The fraction of sp³-hybridized carbons (Fsp3) is 0.800. The second-order valence-corrected chi connectivity index (χ2v) is 7.12. The maximum absolute atomic E-state index is 11.7. The minimum Gasteiger partial charge on any atom is -0.307 e. The Morgan fingerprint density at radius 3 is 2.65 bits per heavy atom. The molecule has 6 nitrogen and oxygen atoms in total. The summed E-state index contributed by atoms with van der Waals surface area (Å²) in [5.74, 6) is 0. The number of hydrogen-bond donors (Lipinski definition) is 1. The van der Waals surface area contributed by atoms with E-state index in [1.165, 1.54) is 11.1 Å². The summed E-state index contributed by atoms with van der Waals surface area (Å²) >= 11 is 0. The molecule has 1 aliphatic carbocycles. The van der Waals surface area contributed by atoms with Gasteiger partial charge in [-0.15, -0.1) is 0 Å². The maximum Gasteiger partial charge on any atom is 0.154 e. The molecule has 1 fully saturated rings. The van der Waals surface area contributed by atoms with Gasteiger partial charge in [-0.3, -0.25) is 0 Å². The number of nitrogens with zero attached hydrogens (tertiary/aromatic N) is 3. The molecule has 17 heavy (non-hydrogen) atoms. The molecule has 96 valence electrons. The van der Waals surface area contributed by atoms with Crippen LogP contribution in [0.5, 0.6) is 0 Å². The molecule has 1 heterocycles. The van der Waals surface area contributed by atoms with Gasteiger partial charge in [-0.2, -0.15) is 15.0 Å². The lowest BCUT2D eigenvalue weighted by molar-refractivity contribution is 0.484. The predicted molar refractivity (Wildman–Crippen MR) is 64.1 cm³/mol. The minimum absolute atomic E-state index is 0.0560. The molecule has 2 rings (SSSR count). The first-order valence-corrected chi connectivity index (χ1v) is 7.52. The Balaban J connectivity index is 1.97. The molecule has 0 radical (unpaired) electrons. The molecule has 0 spiro atoms. The Morgan fingerprint density at radius 2 is 2.24 bits per heavy atom. The first kappa shape index (κ1) is 12.5. The van der Waals surface area contributed by atoms with Crippen molar-refractivity contribution in [3.05, 3.63) is 11.9 Å². The van der Waals surface area contributed by atoms with Gasteiger partial charge in [0.15, 0.2) is 9.84 Å². The summed E-state index contributed by atoms with van der Waals surface area (Å²) in [5.41, 5.74) is 0.823. The maximum atomic E-state index is 11.7. The van der Waals surface area contributed by atoms with E-state index in [1.54, 1.807) is 13.2 Å². The van der Waals surface area contributed by atoms with Crippen LogP contribution in [0.25, 0.3) is 0 Å². The second-order valence-electron chi connectivity index (χ2n) is 4.76. The van der Waals surface area contributed by atoms with Gasteiger partial charge in [-0.1, -0.05) is 0 Å². The first-order valence-electron chi connectivity index (χ1n) is 5.63. The van der Waals surface area contributed by atoms with E-state index in [0.29, 0.717) is 6.54 Å². The van der Waals surface area contributed by atoms with Crippen molar-refractivity contribution >= 4 is 9.84 Å². The number of hydrogen-bond acceptors (Lipinski definition) is 5. The minimum atomic E-state index is -2.99. The SMILES string of the molecule is CC(NCc1cnn(C)n1)C1(S(C)(=O)=O)CC1. The van der Waals surface area contributed by atoms with Crippen molar-refractivity contribution in [1.82, 2.24) is 20.3 Å². The highest BCUT2D eigenvalue weighted by Crippen LogP contribution is 2.46. The smallest absolute Gasteiger partial charge is 0.154 e. The molecule has 1 unspecified atom stereocenters. The fourth-order valence-corrected chi connectivity index (χ4v) is 3.73. The van der Waals surface area contributed by atoms with Crippen LogP contribution in [-0.4, -0.2) is 40.5 Å². The molecule has 1 saturated carbocycles. The van der Waals surface area contributed by atoms with Crippen LogP contribution in [0, 0.1) is 0 Å². The number of aromatic nitrogens is 3. The molecular formula is C10H18N4O2S. The van der Waals surface area contributed by atoms with E-state index < -0.39 is 14.6 Å². The summed E-state index contributed by atoms with van der Waals surface area (Å²) in [5, 5.41) is 11.3. The molecule has 1 atom stereocenters. The normalized spacial score (nSPS) is 20.2. The molecule has 0 saturated heterocycles. The molecule has 1 aromatic rings. The number of sulfone groups is 1. The standard InChI is InChI=1S/C10H18N4O2S/c1-8(10(4-5-10)17(3,15)16)11-6-9-7-12-14(2)13-9/h7-8,11H,4-6H2,1-3H3. The number of rotatable bonds is 5. The summed E-state index contributed by atoms with van der Waals surface area (Å²) in [4.78, 5) is 1.49. The molecule has 7 heteroatoms. The Bertz CT molecular complexity index is 504. The van der Waals surface area contributed by atoms with E-state index in [-0.39, 0.29) is 6.04 Å². The van der Waals surface area contributed by atoms with Crippen molar-refractivity contribution in [3.63, 3.8) is 0 Å². The van der Waals surface area contributed by atoms with Crippen LogP contribution in [0.4, 0.5) is 0 Å². The van der Waals surface area contributed by atoms with Gasteiger partial charge in [0.25, 0.3) is 0 Å². The lowest BCUT2D eigenvalue weighted by Gasteiger charge is -2.22. The van der Waals surface area contributed by atoms with E-state index in [0.717, 1.165) is 18.5 Å². The molecule has 1 aromatic heterocycles. The van der Waals surface area contributed by atoms with Gasteiger partial charge in [0.1, 0.15) is 0 Å². The summed E-state index contributed by atoms with van der Waals surface area (Å²) in [6.07, 6.45) is 4.50. The van der Waals surface area contributed by atoms with Gasteiger partial charge < -0.3 is 5.32 Å². The number of nitrogens with one attached hydrogen (secondary N) is 1. The monoisotopic (exact) mass is 258 g/mol. The van der Waals surface area contributed by atoms with Crippen LogP contribution in [0.2, 0.25) is 0 Å². The van der Waals surface area contributed by atoms with Gasteiger partial charge >= 0.3 is 0 Å². The lowest BCUT2D eigenvalue weighted by Crippen LogP contribution is -2.43. The molecule has 0 amide bonds. The van der Waals surface area contributed by atoms with Crippen LogP contribution in [0.3, 0.4) is 0 Å². The Morgan fingerprint density at radius 1 is 1.59 bits per heavy atom. The topological polar surface area (TPSA) is 76.9 Å². The van der Waals surface area contributed by atoms with Crippen LogP contribution in [0.1, 0.15) is 25.5 Å². The average Bonchev–Trinajstić information content (AvgIpc) is 2.94. The molecule has 1 aliphatic rings. The average molecular weight is 258 g/mol. The molecule has 0 aromatic carbocycles. The Kier molecular flexibility index (Phi) is 2.99. The van der Waals surface area contributed by atoms with Crippen molar-refractivity contribution in [1.29, 1.82) is 0 Å². The third-order valence-corrected chi connectivity index (χ3v) is 5.75. The van der Waals surface area contributed by atoms with Crippen molar-refractivity contribution in [2.75, 3.05) is 6.26 Å². The highest BCUT2D eigenvalue weighted by Gasteiger charge is 2.55.